The maximum Gasteiger partial charge on any atom is 0.123 e. The van der Waals surface area contributed by atoms with Gasteiger partial charge < -0.3 is 14.7 Å². The molecule has 4 aromatic carbocycles. The predicted molar refractivity (Wildman–Crippen MR) is 152 cm³/mol. The molecule has 0 atom stereocenters. The van der Waals surface area contributed by atoms with Crippen LogP contribution in [0.25, 0.3) is 20.6 Å². The van der Waals surface area contributed by atoms with Gasteiger partial charge in [0.15, 0.2) is 0 Å². The number of hydrogen-bond donors (Lipinski definition) is 1. The zero-order valence-corrected chi connectivity index (χ0v) is 23.3. The quantitative estimate of drug-likeness (QED) is 0.178. The van der Waals surface area contributed by atoms with Crippen molar-refractivity contribution < 1.29 is 22.0 Å². The smallest absolute Gasteiger partial charge is 0.123 e. The average molecular weight is 560 g/mol. The lowest BCUT2D eigenvalue weighted by molar-refractivity contribution is 0.320. The van der Waals surface area contributed by atoms with Gasteiger partial charge in [0.1, 0.15) is 25.8 Å². The Balaban J connectivity index is 1.51. The number of oxime groups is 1. The minimum atomic E-state index is -4.09. The minimum absolute atomic E-state index is 0.0626. The molecule has 0 radical (unpaired) electrons. The second-order valence-corrected chi connectivity index (χ2v) is 12.6. The molecule has 4 aromatic rings. The van der Waals surface area contributed by atoms with Crippen molar-refractivity contribution in [3.8, 4) is 11.1 Å². The lowest BCUT2D eigenvalue weighted by atomic mass is 10.1. The van der Waals surface area contributed by atoms with E-state index in [2.05, 4.69) is 14.6 Å². The van der Waals surface area contributed by atoms with E-state index < -0.39 is 20.0 Å². The van der Waals surface area contributed by atoms with Crippen LogP contribution in [-0.4, -0.2) is 27.8 Å². The van der Waals surface area contributed by atoms with Crippen molar-refractivity contribution in [2.24, 2.45) is 5.16 Å². The highest BCUT2D eigenvalue weighted by molar-refractivity contribution is 7.94. The van der Waals surface area contributed by atoms with Crippen LogP contribution in [0.3, 0.4) is 0 Å². The minimum Gasteiger partial charge on any atom is -0.572 e. The van der Waals surface area contributed by atoms with E-state index in [1.165, 1.54) is 24.3 Å². The number of hydrogen-bond acceptors (Lipinski definition) is 6. The molecular formula is C29H25N3O5S2-2. The largest absolute Gasteiger partial charge is 0.572 e. The zero-order chi connectivity index (χ0) is 28.1. The fourth-order valence-electron chi connectivity index (χ4n) is 4.52. The first-order valence-corrected chi connectivity index (χ1v) is 14.9. The summed E-state index contributed by atoms with van der Waals surface area (Å²) in [6.45, 7) is 7.36. The molecule has 1 aliphatic rings. The van der Waals surface area contributed by atoms with Crippen molar-refractivity contribution in [2.45, 2.75) is 37.5 Å². The van der Waals surface area contributed by atoms with Crippen molar-refractivity contribution in [1.82, 2.24) is 0 Å². The summed E-state index contributed by atoms with van der Waals surface area (Å²) in [5.74, 6) is 0. The Bertz CT molecular complexity index is 1760. The van der Waals surface area contributed by atoms with Crippen molar-refractivity contribution in [1.29, 1.82) is 0 Å². The molecule has 0 heterocycles. The number of benzene rings is 4. The average Bonchev–Trinajstić information content (AvgIpc) is 3.21. The van der Waals surface area contributed by atoms with Gasteiger partial charge in [-0.2, -0.15) is 0 Å². The van der Waals surface area contributed by atoms with E-state index in [-0.39, 0.29) is 15.5 Å². The summed E-state index contributed by atoms with van der Waals surface area (Å²) in [5.41, 5.74) is 6.03. The van der Waals surface area contributed by atoms with Crippen LogP contribution in [0.15, 0.2) is 87.7 Å². The third kappa shape index (κ3) is 4.66. The topological polar surface area (TPSA) is 129 Å². The Labute approximate surface area is 228 Å². The predicted octanol–water partition coefficient (Wildman–Crippen LogP) is 6.92. The molecule has 1 N–H and O–H groups in total. The van der Waals surface area contributed by atoms with E-state index in [9.17, 15) is 22.0 Å². The third-order valence-corrected chi connectivity index (χ3v) is 9.64. The first-order valence-electron chi connectivity index (χ1n) is 12.0. The summed E-state index contributed by atoms with van der Waals surface area (Å²) in [5, 5.41) is 13.3. The lowest BCUT2D eigenvalue weighted by Crippen LogP contribution is -2.04. The van der Waals surface area contributed by atoms with E-state index in [0.29, 0.717) is 33.6 Å². The summed E-state index contributed by atoms with van der Waals surface area (Å²) in [7, 11) is -8.18. The maximum atomic E-state index is 13.2. The summed E-state index contributed by atoms with van der Waals surface area (Å²) in [6, 6.07) is 19.4. The molecule has 0 bridgehead atoms. The summed E-state index contributed by atoms with van der Waals surface area (Å²) < 4.78 is 60.8. The van der Waals surface area contributed by atoms with Gasteiger partial charge in [-0.05, 0) is 74.2 Å². The van der Waals surface area contributed by atoms with Crippen LogP contribution in [0.4, 0.5) is 11.4 Å². The van der Waals surface area contributed by atoms with Gasteiger partial charge in [-0.1, -0.05) is 64.8 Å². The molecular weight excluding hydrogens is 534 g/mol. The van der Waals surface area contributed by atoms with Crippen molar-refractivity contribution >= 4 is 37.1 Å². The van der Waals surface area contributed by atoms with Gasteiger partial charge in [-0.3, -0.25) is 0 Å². The van der Waals surface area contributed by atoms with Crippen LogP contribution in [0, 0.1) is 27.7 Å². The molecule has 10 heteroatoms. The molecule has 8 nitrogen and oxygen atoms in total. The van der Waals surface area contributed by atoms with E-state index in [1.807, 2.05) is 26.0 Å². The molecule has 0 spiro atoms. The Morgan fingerprint density at radius 3 is 1.38 bits per heavy atom. The van der Waals surface area contributed by atoms with Gasteiger partial charge >= 0.3 is 0 Å². The lowest BCUT2D eigenvalue weighted by Gasteiger charge is -2.25. The summed E-state index contributed by atoms with van der Waals surface area (Å²) in [4.78, 5) is -0.150. The molecule has 5 rings (SSSR count). The molecule has 1 aliphatic carbocycles. The molecule has 0 amide bonds. The molecule has 0 saturated heterocycles. The first kappa shape index (κ1) is 26.5. The number of nitrogens with zero attached hydrogens (tertiary/aromatic N) is 3. The number of rotatable bonds is 6. The van der Waals surface area contributed by atoms with Crippen LogP contribution >= 0.6 is 0 Å². The van der Waals surface area contributed by atoms with Gasteiger partial charge in [0.2, 0.25) is 0 Å². The molecule has 0 aromatic heterocycles. The number of fused-ring (bicyclic) bond motifs is 3. The van der Waals surface area contributed by atoms with Crippen LogP contribution in [0.2, 0.25) is 0 Å². The van der Waals surface area contributed by atoms with E-state index >= 15 is 0 Å². The second-order valence-electron chi connectivity index (χ2n) is 9.43. The summed E-state index contributed by atoms with van der Waals surface area (Å²) in [6.07, 6.45) is 0. The van der Waals surface area contributed by atoms with Crippen molar-refractivity contribution in [3.63, 3.8) is 0 Å². The van der Waals surface area contributed by atoms with Crippen molar-refractivity contribution in [2.75, 3.05) is 0 Å². The van der Waals surface area contributed by atoms with E-state index in [4.69, 9.17) is 0 Å². The van der Waals surface area contributed by atoms with Gasteiger partial charge in [0, 0.05) is 11.1 Å². The maximum absolute atomic E-state index is 13.2. The van der Waals surface area contributed by atoms with Gasteiger partial charge in [0.05, 0.1) is 9.79 Å². The Kier molecular flexibility index (Phi) is 6.48. The fourth-order valence-corrected chi connectivity index (χ4v) is 6.65. The van der Waals surface area contributed by atoms with Crippen LogP contribution in [0.5, 0.6) is 0 Å². The monoisotopic (exact) mass is 559 g/mol. The zero-order valence-electron chi connectivity index (χ0n) is 21.7. The second kappa shape index (κ2) is 9.55. The Morgan fingerprint density at radius 1 is 0.590 bits per heavy atom. The molecule has 0 fully saturated rings. The van der Waals surface area contributed by atoms with Gasteiger partial charge in [0.25, 0.3) is 0 Å². The molecule has 200 valence electrons. The van der Waals surface area contributed by atoms with Crippen LogP contribution < -0.4 is 0 Å². The van der Waals surface area contributed by atoms with Crippen molar-refractivity contribution in [3.05, 3.63) is 116 Å². The summed E-state index contributed by atoms with van der Waals surface area (Å²) >= 11 is 0. The van der Waals surface area contributed by atoms with Crippen LogP contribution in [0.1, 0.15) is 33.4 Å². The molecule has 0 saturated carbocycles. The SMILES string of the molecule is Cc1cccc([N-]S(=O)(=O)c2ccc3c(c2)C(=NO)c2cc(S(=O)(=O)[N-]c4cccc(C)c4C)ccc2-3)c1C. The van der Waals surface area contributed by atoms with Gasteiger partial charge in [-0.25, -0.2) is 16.8 Å². The molecule has 39 heavy (non-hydrogen) atoms. The highest BCUT2D eigenvalue weighted by Crippen LogP contribution is 2.42. The fraction of sp³-hybridized carbons (Fsp3) is 0.138. The highest BCUT2D eigenvalue weighted by atomic mass is 32.2. The normalized spacial score (nSPS) is 12.6. The van der Waals surface area contributed by atoms with E-state index in [1.54, 1.807) is 50.2 Å². The van der Waals surface area contributed by atoms with E-state index in [0.717, 1.165) is 22.3 Å². The van der Waals surface area contributed by atoms with Crippen LogP contribution in [-0.2, 0) is 20.0 Å². The molecule has 0 unspecified atom stereocenters. The Hall–Kier alpha value is -4.15. The molecule has 0 aliphatic heterocycles. The van der Waals surface area contributed by atoms with Gasteiger partial charge in [-0.15, -0.1) is 11.4 Å². The first-order chi connectivity index (χ1) is 18.4. The number of aryl methyl sites for hydroxylation is 2. The Morgan fingerprint density at radius 2 is 1.00 bits per heavy atom. The third-order valence-electron chi connectivity index (χ3n) is 7.07. The highest BCUT2D eigenvalue weighted by Gasteiger charge is 2.28. The standard InChI is InChI=1S/C29H25N3O5S2/c1-17-7-5-9-27(19(17)3)31-38(34,35)21-11-13-23-24-14-12-22(16-26(24)29(30-33)25(23)15-21)39(36,37)32-28-10-6-8-18(2)20(28)4/h5-16,33H,1-4H3/q-2. The number of sulfonamides is 2.